The number of aryl methyl sites for hydroxylation is 1. The molecule has 0 radical (unpaired) electrons. The lowest BCUT2D eigenvalue weighted by Crippen LogP contribution is -2.62. The molecule has 1 amide bonds. The molecule has 8 nitrogen and oxygen atoms in total. The molecule has 6 rings (SSSR count). The first-order valence-electron chi connectivity index (χ1n) is 10.2. The molecule has 3 aliphatic carbocycles. The predicted molar refractivity (Wildman–Crippen MR) is 117 cm³/mol. The number of ether oxygens (including phenoxy) is 1. The van der Waals surface area contributed by atoms with Gasteiger partial charge in [-0.15, -0.1) is 5.10 Å². The van der Waals surface area contributed by atoms with Gasteiger partial charge >= 0.3 is 0 Å². The number of carbonyl (C=O) groups excluding carboxylic acids is 1. The van der Waals surface area contributed by atoms with Crippen molar-refractivity contribution in [2.24, 2.45) is 24.3 Å². The second kappa shape index (κ2) is 7.56. The zero-order valence-electron chi connectivity index (χ0n) is 17.5. The standard InChI is InChI=1S/C21H23ClN6O2S/c1-12-14-8-21(12,9-14)11-30-18-6-7-28(25-18)17-5-4-15(19(22)24-17)20(29)26-31-16-10-23-27(3)13(16)2/h4-7,10,12,14H,8-9,11H2,1-3H3,(H,26,29)/t12-,14?,21?/m1/s1. The minimum absolute atomic E-state index is 0.110. The van der Waals surface area contributed by atoms with Gasteiger partial charge in [0.1, 0.15) is 5.15 Å². The Kier molecular flexibility index (Phi) is 4.97. The molecule has 3 aliphatic rings. The second-order valence-electron chi connectivity index (χ2n) is 8.47. The average molecular weight is 459 g/mol. The van der Waals surface area contributed by atoms with E-state index in [1.165, 1.54) is 24.8 Å². The Morgan fingerprint density at radius 2 is 2.19 bits per heavy atom. The largest absolute Gasteiger partial charge is 0.476 e. The molecule has 31 heavy (non-hydrogen) atoms. The number of carbonyl (C=O) groups is 1. The van der Waals surface area contributed by atoms with Crippen LogP contribution in [0.3, 0.4) is 0 Å². The summed E-state index contributed by atoms with van der Waals surface area (Å²) in [6.07, 6.45) is 6.03. The van der Waals surface area contributed by atoms with E-state index in [1.807, 2.05) is 20.0 Å². The lowest BCUT2D eigenvalue weighted by atomic mass is 9.38. The molecule has 1 atom stereocenters. The van der Waals surface area contributed by atoms with Gasteiger partial charge in [0.15, 0.2) is 5.82 Å². The van der Waals surface area contributed by atoms with Crippen molar-refractivity contribution in [1.82, 2.24) is 29.3 Å². The van der Waals surface area contributed by atoms with Gasteiger partial charge in [0.2, 0.25) is 5.88 Å². The Morgan fingerprint density at radius 1 is 1.39 bits per heavy atom. The van der Waals surface area contributed by atoms with Crippen LogP contribution >= 0.6 is 23.5 Å². The van der Waals surface area contributed by atoms with Crippen molar-refractivity contribution < 1.29 is 9.53 Å². The van der Waals surface area contributed by atoms with Gasteiger partial charge in [-0.3, -0.25) is 14.2 Å². The fraction of sp³-hybridized carbons (Fsp3) is 0.429. The van der Waals surface area contributed by atoms with Crippen LogP contribution in [-0.4, -0.2) is 37.1 Å². The number of halogens is 1. The molecule has 2 bridgehead atoms. The first-order valence-corrected chi connectivity index (χ1v) is 11.4. The molecule has 0 aromatic carbocycles. The summed E-state index contributed by atoms with van der Waals surface area (Å²) in [7, 11) is 1.85. The van der Waals surface area contributed by atoms with Crippen molar-refractivity contribution in [3.63, 3.8) is 0 Å². The zero-order chi connectivity index (χ0) is 21.8. The molecule has 1 N–H and O–H groups in total. The van der Waals surface area contributed by atoms with Crippen molar-refractivity contribution in [2.45, 2.75) is 31.6 Å². The van der Waals surface area contributed by atoms with Gasteiger partial charge in [0.05, 0.1) is 29.0 Å². The molecular formula is C21H23ClN6O2S. The SMILES string of the molecule is Cc1c(SNC(=O)c2ccc(-n3ccc(OCC45CC(C4)[C@H]5C)n3)nc2Cl)cnn1C. The minimum Gasteiger partial charge on any atom is -0.476 e. The number of amides is 1. The topological polar surface area (TPSA) is 86.9 Å². The summed E-state index contributed by atoms with van der Waals surface area (Å²) in [6.45, 7) is 4.95. The number of hydrogen-bond acceptors (Lipinski definition) is 6. The summed E-state index contributed by atoms with van der Waals surface area (Å²) in [6, 6.07) is 5.17. The number of hydrogen-bond donors (Lipinski definition) is 1. The van der Waals surface area contributed by atoms with Crippen LogP contribution < -0.4 is 9.46 Å². The lowest BCUT2D eigenvalue weighted by Gasteiger charge is -2.67. The number of nitrogens with zero attached hydrogens (tertiary/aromatic N) is 5. The van der Waals surface area contributed by atoms with Crippen LogP contribution in [0.1, 0.15) is 35.8 Å². The molecule has 3 aromatic rings. The summed E-state index contributed by atoms with van der Waals surface area (Å²) in [5.41, 5.74) is 1.61. The van der Waals surface area contributed by atoms with E-state index in [-0.39, 0.29) is 11.1 Å². The van der Waals surface area contributed by atoms with E-state index in [0.29, 0.717) is 29.3 Å². The molecule has 162 valence electrons. The highest BCUT2D eigenvalue weighted by atomic mass is 35.5. The zero-order valence-corrected chi connectivity index (χ0v) is 19.1. The second-order valence-corrected chi connectivity index (χ2v) is 9.67. The molecule has 3 heterocycles. The summed E-state index contributed by atoms with van der Waals surface area (Å²) in [4.78, 5) is 17.7. The summed E-state index contributed by atoms with van der Waals surface area (Å²) in [5, 5.41) is 8.72. The Hall–Kier alpha value is -2.52. The summed E-state index contributed by atoms with van der Waals surface area (Å²) < 4.78 is 12.1. The van der Waals surface area contributed by atoms with Crippen LogP contribution in [0.4, 0.5) is 0 Å². The van der Waals surface area contributed by atoms with Crippen LogP contribution in [0.25, 0.3) is 5.82 Å². The van der Waals surface area contributed by atoms with E-state index >= 15 is 0 Å². The molecule has 0 unspecified atom stereocenters. The first-order chi connectivity index (χ1) is 14.9. The highest BCUT2D eigenvalue weighted by molar-refractivity contribution is 7.98. The highest BCUT2D eigenvalue weighted by Crippen LogP contribution is 2.68. The molecule has 10 heteroatoms. The molecule has 3 saturated carbocycles. The fourth-order valence-electron chi connectivity index (χ4n) is 4.32. The van der Waals surface area contributed by atoms with Crippen LogP contribution in [0.2, 0.25) is 5.15 Å². The van der Waals surface area contributed by atoms with Crippen molar-refractivity contribution in [3.05, 3.63) is 47.0 Å². The third kappa shape index (κ3) is 3.49. The maximum Gasteiger partial charge on any atom is 0.264 e. The van der Waals surface area contributed by atoms with Gasteiger partial charge in [0.25, 0.3) is 5.91 Å². The smallest absolute Gasteiger partial charge is 0.264 e. The average Bonchev–Trinajstić information content (AvgIpc) is 3.32. The van der Waals surface area contributed by atoms with Gasteiger partial charge in [-0.25, -0.2) is 9.67 Å². The number of aromatic nitrogens is 5. The van der Waals surface area contributed by atoms with Crippen molar-refractivity contribution in [3.8, 4) is 11.7 Å². The lowest BCUT2D eigenvalue weighted by molar-refractivity contribution is -0.199. The van der Waals surface area contributed by atoms with Gasteiger partial charge < -0.3 is 4.74 Å². The summed E-state index contributed by atoms with van der Waals surface area (Å²) >= 11 is 7.49. The number of rotatable bonds is 7. The fourth-order valence-corrected chi connectivity index (χ4v) is 5.25. The van der Waals surface area contributed by atoms with E-state index in [1.54, 1.807) is 33.9 Å². The first kappa shape index (κ1) is 20.4. The molecule has 0 saturated heterocycles. The van der Waals surface area contributed by atoms with Crippen LogP contribution in [0, 0.1) is 24.2 Å². The van der Waals surface area contributed by atoms with Gasteiger partial charge in [0, 0.05) is 24.7 Å². The van der Waals surface area contributed by atoms with E-state index < -0.39 is 0 Å². The predicted octanol–water partition coefficient (Wildman–Crippen LogP) is 3.82. The van der Waals surface area contributed by atoms with Gasteiger partial charge in [-0.05, 0) is 55.7 Å². The van der Waals surface area contributed by atoms with Gasteiger partial charge in [-0.2, -0.15) is 5.10 Å². The summed E-state index contributed by atoms with van der Waals surface area (Å²) in [5.74, 6) is 2.42. The number of pyridine rings is 1. The molecule has 3 fully saturated rings. The number of nitrogens with one attached hydrogen (secondary N) is 1. The van der Waals surface area contributed by atoms with Crippen LogP contribution in [0.5, 0.6) is 5.88 Å². The Labute approximate surface area is 189 Å². The third-order valence-electron chi connectivity index (χ3n) is 6.84. The molecule has 0 aliphatic heterocycles. The normalized spacial score (nSPS) is 23.7. The van der Waals surface area contributed by atoms with Crippen molar-refractivity contribution in [1.29, 1.82) is 0 Å². The van der Waals surface area contributed by atoms with E-state index in [4.69, 9.17) is 16.3 Å². The van der Waals surface area contributed by atoms with Crippen molar-refractivity contribution in [2.75, 3.05) is 6.61 Å². The Balaban J connectivity index is 1.22. The van der Waals surface area contributed by atoms with E-state index in [0.717, 1.165) is 22.4 Å². The molecular weight excluding hydrogens is 436 g/mol. The maximum atomic E-state index is 12.5. The molecule has 0 spiro atoms. The van der Waals surface area contributed by atoms with Crippen molar-refractivity contribution >= 4 is 29.5 Å². The van der Waals surface area contributed by atoms with Crippen LogP contribution in [-0.2, 0) is 7.05 Å². The Morgan fingerprint density at radius 3 is 2.81 bits per heavy atom. The third-order valence-corrected chi connectivity index (χ3v) is 8.04. The monoisotopic (exact) mass is 458 g/mol. The van der Waals surface area contributed by atoms with Gasteiger partial charge in [-0.1, -0.05) is 18.5 Å². The van der Waals surface area contributed by atoms with E-state index in [2.05, 4.69) is 26.8 Å². The minimum atomic E-state index is -0.325. The maximum absolute atomic E-state index is 12.5. The molecule has 3 aromatic heterocycles. The Bertz CT molecular complexity index is 1150. The quantitative estimate of drug-likeness (QED) is 0.427. The highest BCUT2D eigenvalue weighted by Gasteiger charge is 2.63. The van der Waals surface area contributed by atoms with E-state index in [9.17, 15) is 4.79 Å². The van der Waals surface area contributed by atoms with Crippen LogP contribution in [0.15, 0.2) is 35.5 Å².